The van der Waals surface area contributed by atoms with E-state index in [9.17, 15) is 4.79 Å². The van der Waals surface area contributed by atoms with E-state index in [1.54, 1.807) is 12.1 Å². The summed E-state index contributed by atoms with van der Waals surface area (Å²) in [6, 6.07) is 12.9. The van der Waals surface area contributed by atoms with Crippen LogP contribution in [0.4, 0.5) is 4.79 Å². The third-order valence-electron chi connectivity index (χ3n) is 2.01. The zero-order chi connectivity index (χ0) is 10.7. The maximum atomic E-state index is 10.8. The molecule has 0 saturated carbocycles. The molecule has 0 aliphatic carbocycles. The van der Waals surface area contributed by atoms with Crippen LogP contribution in [0.3, 0.4) is 0 Å². The van der Waals surface area contributed by atoms with Gasteiger partial charge in [0.05, 0.1) is 0 Å². The fourth-order valence-electron chi connectivity index (χ4n) is 1.39. The molecule has 15 heavy (non-hydrogen) atoms. The van der Waals surface area contributed by atoms with Gasteiger partial charge in [-0.25, -0.2) is 4.79 Å². The van der Waals surface area contributed by atoms with Crippen LogP contribution >= 0.6 is 11.9 Å². The monoisotopic (exact) mass is 222 g/mol. The van der Waals surface area contributed by atoms with E-state index < -0.39 is 6.16 Å². The van der Waals surface area contributed by atoms with Crippen molar-refractivity contribution in [3.05, 3.63) is 42.5 Å². The minimum atomic E-state index is -0.937. The molecule has 0 heterocycles. The molecule has 0 saturated heterocycles. The summed E-state index contributed by atoms with van der Waals surface area (Å²) in [6.07, 6.45) is -0.937. The number of fused-ring (bicyclic) bond motifs is 1. The first-order valence-corrected chi connectivity index (χ1v) is 4.60. The van der Waals surface area contributed by atoms with Crippen LogP contribution in [0.25, 0.3) is 10.8 Å². The average Bonchev–Trinajstić information content (AvgIpc) is 2.29. The molecule has 0 amide bonds. The summed E-state index contributed by atoms with van der Waals surface area (Å²) in [5.41, 5.74) is 0. The van der Waals surface area contributed by atoms with Crippen molar-refractivity contribution in [3.63, 3.8) is 0 Å². The molecule has 4 heteroatoms. The van der Waals surface area contributed by atoms with Crippen LogP contribution in [0.1, 0.15) is 0 Å². The lowest BCUT2D eigenvalue weighted by molar-refractivity contribution is 0.157. The van der Waals surface area contributed by atoms with Gasteiger partial charge in [-0.2, -0.15) is 0 Å². The second-order valence-electron chi connectivity index (χ2n) is 2.91. The molecule has 0 aliphatic rings. The van der Waals surface area contributed by atoms with Gasteiger partial charge in [-0.3, -0.25) is 0 Å². The van der Waals surface area contributed by atoms with Gasteiger partial charge in [0.2, 0.25) is 0 Å². The highest BCUT2D eigenvalue weighted by molar-refractivity contribution is 6.12. The average molecular weight is 223 g/mol. The van der Waals surface area contributed by atoms with Crippen LogP contribution in [0.5, 0.6) is 5.75 Å². The molecule has 0 radical (unpaired) electrons. The molecule has 76 valence electrons. The van der Waals surface area contributed by atoms with Crippen LogP contribution in [0, 0.1) is 0 Å². The van der Waals surface area contributed by atoms with Crippen LogP contribution < -0.4 is 4.74 Å². The Labute approximate surface area is 91.3 Å². The zero-order valence-corrected chi connectivity index (χ0v) is 8.40. The van der Waals surface area contributed by atoms with E-state index in [2.05, 4.69) is 4.29 Å². The largest absolute Gasteiger partial charge is 0.532 e. The van der Waals surface area contributed by atoms with E-state index in [0.29, 0.717) is 5.75 Å². The van der Waals surface area contributed by atoms with Crippen molar-refractivity contribution in [3.8, 4) is 5.75 Å². The Morgan fingerprint density at radius 2 is 1.80 bits per heavy atom. The molecule has 2 rings (SSSR count). The molecule has 0 unspecified atom stereocenters. The van der Waals surface area contributed by atoms with Gasteiger partial charge in [0.15, 0.2) is 0 Å². The molecule has 2 aromatic rings. The fraction of sp³-hybridized carbons (Fsp3) is 0. The van der Waals surface area contributed by atoms with Crippen molar-refractivity contribution in [2.75, 3.05) is 0 Å². The van der Waals surface area contributed by atoms with Gasteiger partial charge in [-0.15, -0.1) is 0 Å². The Morgan fingerprint density at radius 1 is 1.07 bits per heavy atom. The lowest BCUT2D eigenvalue weighted by atomic mass is 10.1. The second kappa shape index (κ2) is 4.19. The summed E-state index contributed by atoms with van der Waals surface area (Å²) >= 11 is 4.88. The van der Waals surface area contributed by atoms with Crippen molar-refractivity contribution < 1.29 is 13.8 Å². The van der Waals surface area contributed by atoms with Gasteiger partial charge in [0.25, 0.3) is 0 Å². The Kier molecular flexibility index (Phi) is 2.74. The number of halogens is 1. The molecule has 0 atom stereocenters. The maximum absolute atomic E-state index is 10.8. The molecule has 3 nitrogen and oxygen atoms in total. The first-order valence-electron chi connectivity index (χ1n) is 4.29. The summed E-state index contributed by atoms with van der Waals surface area (Å²) in [5.74, 6) is 0.429. The van der Waals surface area contributed by atoms with Crippen molar-refractivity contribution in [1.29, 1.82) is 0 Å². The molecule has 0 spiro atoms. The predicted molar refractivity (Wildman–Crippen MR) is 56.9 cm³/mol. The SMILES string of the molecule is O=C(OCl)Oc1cccc2ccccc12. The Bertz CT molecular complexity index is 491. The Morgan fingerprint density at radius 3 is 2.60 bits per heavy atom. The van der Waals surface area contributed by atoms with Crippen molar-refractivity contribution in [1.82, 2.24) is 0 Å². The van der Waals surface area contributed by atoms with E-state index in [4.69, 9.17) is 16.6 Å². The van der Waals surface area contributed by atoms with Gasteiger partial charge in [0.1, 0.15) is 17.6 Å². The van der Waals surface area contributed by atoms with Crippen molar-refractivity contribution in [2.45, 2.75) is 0 Å². The van der Waals surface area contributed by atoms with E-state index >= 15 is 0 Å². The smallest absolute Gasteiger partial charge is 0.393 e. The summed E-state index contributed by atoms with van der Waals surface area (Å²) in [7, 11) is 0. The van der Waals surface area contributed by atoms with E-state index in [0.717, 1.165) is 10.8 Å². The molecule has 2 aromatic carbocycles. The molecular formula is C11H7ClO3. The van der Waals surface area contributed by atoms with Crippen molar-refractivity contribution >= 4 is 28.8 Å². The molecular weight excluding hydrogens is 216 g/mol. The number of hydrogen-bond donors (Lipinski definition) is 0. The summed E-state index contributed by atoms with van der Waals surface area (Å²) < 4.78 is 8.80. The van der Waals surface area contributed by atoms with E-state index in [-0.39, 0.29) is 0 Å². The number of rotatable bonds is 1. The zero-order valence-electron chi connectivity index (χ0n) is 7.64. The van der Waals surface area contributed by atoms with Gasteiger partial charge < -0.3 is 9.03 Å². The predicted octanol–water partition coefficient (Wildman–Crippen LogP) is 3.51. The lowest BCUT2D eigenvalue weighted by Crippen LogP contribution is -2.04. The molecule has 0 aromatic heterocycles. The first-order chi connectivity index (χ1) is 7.31. The van der Waals surface area contributed by atoms with Gasteiger partial charge in [-0.1, -0.05) is 36.4 Å². The Hall–Kier alpha value is -1.74. The Balaban J connectivity index is 2.46. The third-order valence-corrected chi connectivity index (χ3v) is 2.13. The standard InChI is InChI=1S/C11H7ClO3/c12-15-11(13)14-10-7-3-5-8-4-1-2-6-9(8)10/h1-7H. The quantitative estimate of drug-likeness (QED) is 0.547. The minimum absolute atomic E-state index is 0.429. The highest BCUT2D eigenvalue weighted by atomic mass is 35.5. The summed E-state index contributed by atoms with van der Waals surface area (Å²) in [4.78, 5) is 10.8. The molecule has 0 bridgehead atoms. The van der Waals surface area contributed by atoms with Crippen LogP contribution in [0.15, 0.2) is 42.5 Å². The number of ether oxygens (including phenoxy) is 1. The van der Waals surface area contributed by atoms with Crippen LogP contribution in [-0.2, 0) is 4.29 Å². The number of carbonyl (C=O) groups is 1. The van der Waals surface area contributed by atoms with Gasteiger partial charge in [-0.05, 0) is 11.5 Å². The number of hydrogen-bond acceptors (Lipinski definition) is 3. The molecule has 0 aliphatic heterocycles. The summed E-state index contributed by atoms with van der Waals surface area (Å²) in [6.45, 7) is 0. The number of carbonyl (C=O) groups excluding carboxylic acids is 1. The minimum Gasteiger partial charge on any atom is -0.393 e. The maximum Gasteiger partial charge on any atom is 0.532 e. The highest BCUT2D eigenvalue weighted by Gasteiger charge is 2.07. The topological polar surface area (TPSA) is 35.5 Å². The third kappa shape index (κ3) is 2.02. The van der Waals surface area contributed by atoms with Crippen LogP contribution in [-0.4, -0.2) is 6.16 Å². The summed E-state index contributed by atoms with van der Waals surface area (Å²) in [5, 5.41) is 1.82. The molecule has 0 N–H and O–H groups in total. The van der Waals surface area contributed by atoms with Crippen molar-refractivity contribution in [2.24, 2.45) is 0 Å². The van der Waals surface area contributed by atoms with Crippen LogP contribution in [0.2, 0.25) is 0 Å². The normalized spacial score (nSPS) is 9.93. The first kappa shape index (κ1) is 9.80. The van der Waals surface area contributed by atoms with E-state index in [1.807, 2.05) is 30.3 Å². The fourth-order valence-corrected chi connectivity index (χ4v) is 1.42. The van der Waals surface area contributed by atoms with Gasteiger partial charge >= 0.3 is 6.16 Å². The molecule has 0 fully saturated rings. The van der Waals surface area contributed by atoms with Gasteiger partial charge in [0, 0.05) is 5.39 Å². The lowest BCUT2D eigenvalue weighted by Gasteiger charge is -2.04. The highest BCUT2D eigenvalue weighted by Crippen LogP contribution is 2.25. The van der Waals surface area contributed by atoms with E-state index in [1.165, 1.54) is 0 Å². The number of benzene rings is 2. The second-order valence-corrected chi connectivity index (χ2v) is 3.06.